The first-order valence-corrected chi connectivity index (χ1v) is 10.1. The van der Waals surface area contributed by atoms with Gasteiger partial charge in [-0.2, -0.15) is 0 Å². The van der Waals surface area contributed by atoms with E-state index in [1.165, 1.54) is 19.3 Å². The Hall–Kier alpha value is -2.89. The second-order valence-corrected chi connectivity index (χ2v) is 7.55. The van der Waals surface area contributed by atoms with Crippen molar-refractivity contribution in [1.82, 2.24) is 14.5 Å². The van der Waals surface area contributed by atoms with Crippen LogP contribution in [0.5, 0.6) is 0 Å². The molecule has 1 fully saturated rings. The summed E-state index contributed by atoms with van der Waals surface area (Å²) in [4.78, 5) is 22.1. The van der Waals surface area contributed by atoms with Gasteiger partial charge in [-0.25, -0.2) is 9.97 Å². The minimum atomic E-state index is 0.00559. The molecular formula is C22H27N5O. The van der Waals surface area contributed by atoms with Crippen LogP contribution in [-0.4, -0.2) is 20.6 Å². The van der Waals surface area contributed by atoms with Crippen molar-refractivity contribution in [2.24, 2.45) is 0 Å². The molecular weight excluding hydrogens is 350 g/mol. The highest BCUT2D eigenvalue weighted by Gasteiger charge is 2.18. The van der Waals surface area contributed by atoms with Crippen LogP contribution in [0.2, 0.25) is 0 Å². The molecule has 1 saturated carbocycles. The summed E-state index contributed by atoms with van der Waals surface area (Å²) in [6.07, 6.45) is 9.60. The lowest BCUT2D eigenvalue weighted by atomic mass is 9.95. The van der Waals surface area contributed by atoms with Gasteiger partial charge < -0.3 is 15.2 Å². The van der Waals surface area contributed by atoms with Crippen LogP contribution in [0, 0.1) is 6.92 Å². The molecule has 0 spiro atoms. The summed E-state index contributed by atoms with van der Waals surface area (Å²) in [6, 6.07) is 8.22. The monoisotopic (exact) mass is 377 g/mol. The molecule has 2 N–H and O–H groups in total. The molecule has 3 aromatic rings. The topological polar surface area (TPSA) is 71.8 Å². The van der Waals surface area contributed by atoms with Crippen LogP contribution >= 0.6 is 0 Å². The number of nitrogens with one attached hydrogen (secondary N) is 2. The Morgan fingerprint density at radius 1 is 1.14 bits per heavy atom. The standard InChI is InChI=1S/C22H27N5O/c1-3-27-12-10-16-14-19(25-18-13-15(2)9-11-23-18)26-21(20(16)22(27)28)24-17-7-5-4-6-8-17/h9-14,17H,3-8H2,1-2H3,(H2,23,24,25,26). The highest BCUT2D eigenvalue weighted by Crippen LogP contribution is 2.27. The molecule has 4 rings (SSSR count). The highest BCUT2D eigenvalue weighted by atomic mass is 16.1. The molecule has 0 amide bonds. The molecule has 3 heterocycles. The Morgan fingerprint density at radius 2 is 1.96 bits per heavy atom. The van der Waals surface area contributed by atoms with E-state index in [0.717, 1.165) is 29.6 Å². The van der Waals surface area contributed by atoms with Crippen LogP contribution in [0.25, 0.3) is 10.8 Å². The molecule has 0 saturated heterocycles. The summed E-state index contributed by atoms with van der Waals surface area (Å²) in [5, 5.41) is 8.41. The maximum absolute atomic E-state index is 13.0. The second-order valence-electron chi connectivity index (χ2n) is 7.55. The molecule has 6 heteroatoms. The first-order valence-electron chi connectivity index (χ1n) is 10.1. The molecule has 3 aromatic heterocycles. The van der Waals surface area contributed by atoms with Gasteiger partial charge in [0.15, 0.2) is 0 Å². The lowest BCUT2D eigenvalue weighted by molar-refractivity contribution is 0.462. The molecule has 146 valence electrons. The Balaban J connectivity index is 1.78. The van der Waals surface area contributed by atoms with Gasteiger partial charge in [0.1, 0.15) is 17.5 Å². The summed E-state index contributed by atoms with van der Waals surface area (Å²) >= 11 is 0. The largest absolute Gasteiger partial charge is 0.367 e. The van der Waals surface area contributed by atoms with E-state index in [2.05, 4.69) is 15.6 Å². The van der Waals surface area contributed by atoms with Gasteiger partial charge in [0.25, 0.3) is 5.56 Å². The number of pyridine rings is 3. The molecule has 0 radical (unpaired) electrons. The predicted molar refractivity (Wildman–Crippen MR) is 114 cm³/mol. The van der Waals surface area contributed by atoms with Crippen molar-refractivity contribution in [1.29, 1.82) is 0 Å². The van der Waals surface area contributed by atoms with Crippen LogP contribution in [0.4, 0.5) is 17.5 Å². The van der Waals surface area contributed by atoms with E-state index < -0.39 is 0 Å². The smallest absolute Gasteiger partial charge is 0.262 e. The van der Waals surface area contributed by atoms with Gasteiger partial charge in [-0.15, -0.1) is 0 Å². The summed E-state index contributed by atoms with van der Waals surface area (Å²) in [6.45, 7) is 4.66. The Kier molecular flexibility index (Phi) is 5.28. The van der Waals surface area contributed by atoms with Crippen molar-refractivity contribution < 1.29 is 0 Å². The van der Waals surface area contributed by atoms with Crippen LogP contribution in [0.15, 0.2) is 41.5 Å². The number of anilines is 3. The van der Waals surface area contributed by atoms with Gasteiger partial charge in [0.05, 0.1) is 5.39 Å². The first-order chi connectivity index (χ1) is 13.6. The van der Waals surface area contributed by atoms with Gasteiger partial charge in [-0.05, 0) is 61.9 Å². The van der Waals surface area contributed by atoms with E-state index in [1.807, 2.05) is 44.3 Å². The zero-order valence-corrected chi connectivity index (χ0v) is 16.5. The summed E-state index contributed by atoms with van der Waals surface area (Å²) < 4.78 is 1.73. The molecule has 0 atom stereocenters. The lowest BCUT2D eigenvalue weighted by Crippen LogP contribution is -2.26. The van der Waals surface area contributed by atoms with Crippen LogP contribution in [0.3, 0.4) is 0 Å². The summed E-state index contributed by atoms with van der Waals surface area (Å²) in [7, 11) is 0. The molecule has 0 bridgehead atoms. The van der Waals surface area contributed by atoms with Crippen molar-refractivity contribution >= 4 is 28.2 Å². The van der Waals surface area contributed by atoms with E-state index in [0.29, 0.717) is 29.6 Å². The fourth-order valence-electron chi connectivity index (χ4n) is 3.90. The van der Waals surface area contributed by atoms with Gasteiger partial charge >= 0.3 is 0 Å². The zero-order valence-electron chi connectivity index (χ0n) is 16.5. The van der Waals surface area contributed by atoms with E-state index in [-0.39, 0.29) is 5.56 Å². The van der Waals surface area contributed by atoms with E-state index in [4.69, 9.17) is 4.98 Å². The van der Waals surface area contributed by atoms with Gasteiger partial charge in [0.2, 0.25) is 0 Å². The molecule has 0 aliphatic heterocycles. The molecule has 28 heavy (non-hydrogen) atoms. The normalized spacial score (nSPS) is 14.9. The van der Waals surface area contributed by atoms with E-state index in [1.54, 1.807) is 10.8 Å². The average molecular weight is 377 g/mol. The number of hydrogen-bond donors (Lipinski definition) is 2. The third-order valence-electron chi connectivity index (χ3n) is 5.42. The van der Waals surface area contributed by atoms with Crippen molar-refractivity contribution in [3.05, 3.63) is 52.6 Å². The van der Waals surface area contributed by atoms with Crippen LogP contribution in [0.1, 0.15) is 44.6 Å². The molecule has 0 aromatic carbocycles. The molecule has 6 nitrogen and oxygen atoms in total. The highest BCUT2D eigenvalue weighted by molar-refractivity contribution is 5.93. The minimum Gasteiger partial charge on any atom is -0.367 e. The van der Waals surface area contributed by atoms with Gasteiger partial charge in [-0.1, -0.05) is 19.3 Å². The zero-order chi connectivity index (χ0) is 19.5. The maximum Gasteiger partial charge on any atom is 0.262 e. The Labute approximate surface area is 165 Å². The quantitative estimate of drug-likeness (QED) is 0.679. The summed E-state index contributed by atoms with van der Waals surface area (Å²) in [5.74, 6) is 2.11. The molecule has 1 aliphatic carbocycles. The maximum atomic E-state index is 13.0. The van der Waals surface area contributed by atoms with Crippen molar-refractivity contribution in [2.45, 2.75) is 58.5 Å². The Morgan fingerprint density at radius 3 is 2.71 bits per heavy atom. The van der Waals surface area contributed by atoms with Crippen molar-refractivity contribution in [3.8, 4) is 0 Å². The average Bonchev–Trinajstić information content (AvgIpc) is 2.69. The lowest BCUT2D eigenvalue weighted by Gasteiger charge is -2.24. The number of nitrogens with zero attached hydrogens (tertiary/aromatic N) is 3. The fourth-order valence-corrected chi connectivity index (χ4v) is 3.90. The second kappa shape index (κ2) is 8.00. The fraction of sp³-hybridized carbons (Fsp3) is 0.409. The van der Waals surface area contributed by atoms with Crippen molar-refractivity contribution in [2.75, 3.05) is 10.6 Å². The van der Waals surface area contributed by atoms with Crippen LogP contribution in [-0.2, 0) is 6.54 Å². The molecule has 1 aliphatic rings. The third kappa shape index (κ3) is 3.86. The first kappa shape index (κ1) is 18.5. The molecule has 0 unspecified atom stereocenters. The number of rotatable bonds is 5. The number of aromatic nitrogens is 3. The van der Waals surface area contributed by atoms with Gasteiger partial charge in [-0.3, -0.25) is 4.79 Å². The number of fused-ring (bicyclic) bond motifs is 1. The van der Waals surface area contributed by atoms with Gasteiger partial charge in [0, 0.05) is 25.0 Å². The van der Waals surface area contributed by atoms with E-state index >= 15 is 0 Å². The van der Waals surface area contributed by atoms with Crippen molar-refractivity contribution in [3.63, 3.8) is 0 Å². The van der Waals surface area contributed by atoms with Crippen LogP contribution < -0.4 is 16.2 Å². The summed E-state index contributed by atoms with van der Waals surface area (Å²) in [5.41, 5.74) is 1.13. The number of aryl methyl sites for hydroxylation is 2. The number of hydrogen-bond acceptors (Lipinski definition) is 5. The Bertz CT molecular complexity index is 1040. The van der Waals surface area contributed by atoms with E-state index in [9.17, 15) is 4.79 Å². The minimum absolute atomic E-state index is 0.00559. The third-order valence-corrected chi connectivity index (χ3v) is 5.42. The predicted octanol–water partition coefficient (Wildman–Crippen LogP) is 4.61. The SMILES string of the molecule is CCn1ccc2cc(Nc3cc(C)ccn3)nc(NC3CCCCC3)c2c1=O.